The van der Waals surface area contributed by atoms with Crippen molar-refractivity contribution in [2.75, 3.05) is 18.0 Å². The fraction of sp³-hybridized carbons (Fsp3) is 0.357. The molecule has 1 aliphatic heterocycles. The van der Waals surface area contributed by atoms with Crippen LogP contribution >= 0.6 is 0 Å². The van der Waals surface area contributed by atoms with Gasteiger partial charge in [-0.1, -0.05) is 18.1 Å². The molecule has 1 fully saturated rings. The van der Waals surface area contributed by atoms with Crippen LogP contribution < -0.4 is 4.90 Å². The van der Waals surface area contributed by atoms with E-state index in [-0.39, 0.29) is 0 Å². The molecule has 16 heavy (non-hydrogen) atoms. The van der Waals surface area contributed by atoms with Crippen molar-refractivity contribution in [3.8, 4) is 11.8 Å². The van der Waals surface area contributed by atoms with E-state index in [2.05, 4.69) is 22.8 Å². The smallest absolute Gasteiger partial charge is 0.193 e. The first-order chi connectivity index (χ1) is 7.92. The summed E-state index contributed by atoms with van der Waals surface area (Å²) in [6.45, 7) is 2.19. The van der Waals surface area contributed by atoms with E-state index in [0.717, 1.165) is 24.3 Å². The van der Waals surface area contributed by atoms with E-state index in [1.165, 1.54) is 19.3 Å². The molecule has 2 heteroatoms. The van der Waals surface area contributed by atoms with Crippen molar-refractivity contribution >= 4 is 12.0 Å². The Bertz CT molecular complexity index is 422. The first-order valence-corrected chi connectivity index (χ1v) is 5.71. The molecule has 1 heterocycles. The van der Waals surface area contributed by atoms with Crippen LogP contribution in [0.5, 0.6) is 0 Å². The molecule has 82 valence electrons. The summed E-state index contributed by atoms with van der Waals surface area (Å²) in [5, 5.41) is 0. The van der Waals surface area contributed by atoms with E-state index in [1.807, 2.05) is 18.2 Å². The van der Waals surface area contributed by atoms with Crippen LogP contribution in [0.25, 0.3) is 0 Å². The number of hydrogen-bond donors (Lipinski definition) is 0. The molecule has 1 saturated heterocycles. The van der Waals surface area contributed by atoms with Gasteiger partial charge in [-0.25, -0.2) is 0 Å². The van der Waals surface area contributed by atoms with Gasteiger partial charge in [-0.2, -0.15) is 0 Å². The highest BCUT2D eigenvalue weighted by molar-refractivity contribution is 5.75. The van der Waals surface area contributed by atoms with Gasteiger partial charge >= 0.3 is 0 Å². The van der Waals surface area contributed by atoms with E-state index in [9.17, 15) is 4.79 Å². The molecule has 0 atom stereocenters. The summed E-state index contributed by atoms with van der Waals surface area (Å²) in [5.41, 5.74) is 2.12. The van der Waals surface area contributed by atoms with Crippen molar-refractivity contribution in [1.29, 1.82) is 0 Å². The van der Waals surface area contributed by atoms with Gasteiger partial charge in [-0.05, 0) is 37.3 Å². The number of anilines is 1. The maximum Gasteiger partial charge on any atom is 0.193 e. The van der Waals surface area contributed by atoms with E-state index in [1.54, 1.807) is 0 Å². The van der Waals surface area contributed by atoms with Gasteiger partial charge in [0.2, 0.25) is 0 Å². The third kappa shape index (κ3) is 2.43. The van der Waals surface area contributed by atoms with Gasteiger partial charge in [0.1, 0.15) is 0 Å². The summed E-state index contributed by atoms with van der Waals surface area (Å²) in [6.07, 6.45) is 4.45. The zero-order valence-corrected chi connectivity index (χ0v) is 9.28. The summed E-state index contributed by atoms with van der Waals surface area (Å²) < 4.78 is 0. The molecule has 0 amide bonds. The van der Waals surface area contributed by atoms with Gasteiger partial charge in [0.05, 0.1) is 5.69 Å². The Morgan fingerprint density at radius 2 is 1.88 bits per heavy atom. The third-order valence-corrected chi connectivity index (χ3v) is 2.87. The lowest BCUT2D eigenvalue weighted by Gasteiger charge is -2.29. The average Bonchev–Trinajstić information content (AvgIpc) is 2.38. The summed E-state index contributed by atoms with van der Waals surface area (Å²) in [6, 6.07) is 8.04. The number of carbonyl (C=O) groups is 1. The fourth-order valence-electron chi connectivity index (χ4n) is 2.10. The number of rotatable bonds is 1. The van der Waals surface area contributed by atoms with E-state index in [4.69, 9.17) is 0 Å². The molecule has 2 rings (SSSR count). The number of para-hydroxylation sites is 1. The van der Waals surface area contributed by atoms with Crippen molar-refractivity contribution in [3.63, 3.8) is 0 Å². The largest absolute Gasteiger partial charge is 0.371 e. The van der Waals surface area contributed by atoms with Crippen molar-refractivity contribution in [2.45, 2.75) is 19.3 Å². The van der Waals surface area contributed by atoms with Crippen molar-refractivity contribution in [2.24, 2.45) is 0 Å². The number of carbonyl (C=O) groups excluding carboxylic acids is 1. The maximum absolute atomic E-state index is 10.3. The Morgan fingerprint density at radius 1 is 1.12 bits per heavy atom. The zero-order chi connectivity index (χ0) is 11.2. The van der Waals surface area contributed by atoms with Crippen LogP contribution in [0, 0.1) is 11.8 Å². The fourth-order valence-corrected chi connectivity index (χ4v) is 2.10. The first-order valence-electron chi connectivity index (χ1n) is 5.71. The van der Waals surface area contributed by atoms with Gasteiger partial charge in [-0.3, -0.25) is 4.79 Å². The van der Waals surface area contributed by atoms with Gasteiger partial charge < -0.3 is 4.90 Å². The number of piperidine rings is 1. The molecule has 1 aromatic rings. The summed E-state index contributed by atoms with van der Waals surface area (Å²) in [5.74, 6) is 5.39. The normalized spacial score (nSPS) is 15.1. The molecular formula is C14H15NO. The number of benzene rings is 1. The van der Waals surface area contributed by atoms with Crippen molar-refractivity contribution in [1.82, 2.24) is 0 Å². The number of aldehydes is 1. The summed E-state index contributed by atoms with van der Waals surface area (Å²) in [4.78, 5) is 12.6. The van der Waals surface area contributed by atoms with Crippen LogP contribution in [0.3, 0.4) is 0 Å². The molecule has 0 bridgehead atoms. The van der Waals surface area contributed by atoms with Crippen molar-refractivity contribution < 1.29 is 4.79 Å². The predicted octanol–water partition coefficient (Wildman–Crippen LogP) is 2.23. The van der Waals surface area contributed by atoms with Gasteiger partial charge in [0.25, 0.3) is 0 Å². The van der Waals surface area contributed by atoms with E-state index in [0.29, 0.717) is 6.29 Å². The van der Waals surface area contributed by atoms with Crippen LogP contribution in [0.4, 0.5) is 5.69 Å². The predicted molar refractivity (Wildman–Crippen MR) is 65.4 cm³/mol. The Hall–Kier alpha value is -1.75. The lowest BCUT2D eigenvalue weighted by Crippen LogP contribution is -2.29. The highest BCUT2D eigenvalue weighted by Crippen LogP contribution is 2.23. The highest BCUT2D eigenvalue weighted by Gasteiger charge is 2.12. The Labute approximate surface area is 96.3 Å². The van der Waals surface area contributed by atoms with Crippen LogP contribution in [-0.4, -0.2) is 19.4 Å². The van der Waals surface area contributed by atoms with Gasteiger partial charge in [-0.15, -0.1) is 0 Å². The lowest BCUT2D eigenvalue weighted by atomic mass is 10.1. The molecule has 0 aromatic heterocycles. The standard InChI is InChI=1S/C14H15NO/c16-12-6-8-13-7-2-3-9-14(13)15-10-4-1-5-11-15/h2-3,7,9,12H,1,4-5,10-11H2. The highest BCUT2D eigenvalue weighted by atomic mass is 16.1. The minimum atomic E-state index is 0.646. The summed E-state index contributed by atoms with van der Waals surface area (Å²) >= 11 is 0. The van der Waals surface area contributed by atoms with Crippen LogP contribution in [0.1, 0.15) is 24.8 Å². The topological polar surface area (TPSA) is 20.3 Å². The zero-order valence-electron chi connectivity index (χ0n) is 9.28. The quantitative estimate of drug-likeness (QED) is 0.526. The minimum Gasteiger partial charge on any atom is -0.371 e. The molecule has 0 aliphatic carbocycles. The SMILES string of the molecule is O=CC#Cc1ccccc1N1CCCCC1. The second-order valence-corrected chi connectivity index (χ2v) is 3.95. The van der Waals surface area contributed by atoms with Crippen LogP contribution in [0.2, 0.25) is 0 Å². The molecule has 0 unspecified atom stereocenters. The van der Waals surface area contributed by atoms with E-state index < -0.39 is 0 Å². The minimum absolute atomic E-state index is 0.646. The number of hydrogen-bond acceptors (Lipinski definition) is 2. The Kier molecular flexibility index (Phi) is 3.61. The molecule has 0 spiro atoms. The number of nitrogens with zero attached hydrogens (tertiary/aromatic N) is 1. The second-order valence-electron chi connectivity index (χ2n) is 3.95. The van der Waals surface area contributed by atoms with Gasteiger partial charge in [0, 0.05) is 18.7 Å². The Balaban J connectivity index is 2.27. The molecular weight excluding hydrogens is 198 g/mol. The Morgan fingerprint density at radius 3 is 2.62 bits per heavy atom. The molecule has 1 aromatic carbocycles. The van der Waals surface area contributed by atoms with E-state index >= 15 is 0 Å². The van der Waals surface area contributed by atoms with Crippen LogP contribution in [0.15, 0.2) is 24.3 Å². The molecule has 0 saturated carbocycles. The first kappa shape index (κ1) is 10.8. The van der Waals surface area contributed by atoms with Gasteiger partial charge in [0.15, 0.2) is 6.29 Å². The molecule has 1 aliphatic rings. The summed E-state index contributed by atoms with van der Waals surface area (Å²) in [7, 11) is 0. The van der Waals surface area contributed by atoms with Crippen molar-refractivity contribution in [3.05, 3.63) is 29.8 Å². The monoisotopic (exact) mass is 213 g/mol. The maximum atomic E-state index is 10.3. The molecule has 0 radical (unpaired) electrons. The third-order valence-electron chi connectivity index (χ3n) is 2.87. The molecule has 2 nitrogen and oxygen atoms in total. The lowest BCUT2D eigenvalue weighted by molar-refractivity contribution is -0.103. The molecule has 0 N–H and O–H groups in total. The second kappa shape index (κ2) is 5.37. The van der Waals surface area contributed by atoms with Crippen LogP contribution in [-0.2, 0) is 4.79 Å². The average molecular weight is 213 g/mol.